The molecule has 2 rings (SSSR count). The average molecular weight is 694 g/mol. The van der Waals surface area contributed by atoms with E-state index in [-0.39, 0.29) is 37.6 Å². The summed E-state index contributed by atoms with van der Waals surface area (Å²) in [6.07, 6.45) is 7.51. The molecule has 2 amide bonds. The molecule has 0 radical (unpaired) electrons. The summed E-state index contributed by atoms with van der Waals surface area (Å²) in [5.74, 6) is -1.49. The van der Waals surface area contributed by atoms with Crippen LogP contribution >= 0.6 is 0 Å². The summed E-state index contributed by atoms with van der Waals surface area (Å²) < 4.78 is 53.2. The van der Waals surface area contributed by atoms with Gasteiger partial charge >= 0.3 is 0 Å². The van der Waals surface area contributed by atoms with Gasteiger partial charge in [0.2, 0.25) is 31.9 Å². The number of carbonyl (C=O) groups excluding carboxylic acids is 2. The standard InChI is InChI=1S/C32H63N5O7S2/c1-8-16-36(17-9-2)32(40)27-20-26(21-28(22-27)46(43,44)35(6)7)31(39)33-29(19-25-14-12-11-13-15-25)30(38)23-37(18-10-3)34-45(41,42)24(4)5/h24-30,34,38H,8-23H2,1-7H3,(H,33,39). The van der Waals surface area contributed by atoms with Gasteiger partial charge in [-0.2, -0.15) is 0 Å². The summed E-state index contributed by atoms with van der Waals surface area (Å²) in [5.41, 5.74) is 0. The molecule has 2 fully saturated rings. The Hall–Kier alpha value is -1.32. The van der Waals surface area contributed by atoms with E-state index in [1.165, 1.54) is 23.4 Å². The van der Waals surface area contributed by atoms with Crippen LogP contribution < -0.4 is 10.1 Å². The molecule has 270 valence electrons. The van der Waals surface area contributed by atoms with E-state index in [9.17, 15) is 31.5 Å². The van der Waals surface area contributed by atoms with Crippen molar-refractivity contribution in [3.05, 3.63) is 0 Å². The van der Waals surface area contributed by atoms with Crippen molar-refractivity contribution in [1.82, 2.24) is 24.4 Å². The molecule has 12 nitrogen and oxygen atoms in total. The van der Waals surface area contributed by atoms with E-state index in [1.54, 1.807) is 18.7 Å². The number of rotatable bonds is 19. The quantitative estimate of drug-likeness (QED) is 0.174. The van der Waals surface area contributed by atoms with Crippen molar-refractivity contribution in [2.45, 2.75) is 134 Å². The number of carbonyl (C=O) groups is 2. The normalized spacial score (nSPS) is 23.1. The molecule has 0 aromatic rings. The van der Waals surface area contributed by atoms with Gasteiger partial charge in [-0.25, -0.2) is 26.1 Å². The zero-order valence-electron chi connectivity index (χ0n) is 29.4. The molecule has 46 heavy (non-hydrogen) atoms. The molecule has 2 aliphatic rings. The van der Waals surface area contributed by atoms with Gasteiger partial charge in [0.05, 0.1) is 22.6 Å². The average Bonchev–Trinajstić information content (AvgIpc) is 3.00. The zero-order chi connectivity index (χ0) is 34.7. The summed E-state index contributed by atoms with van der Waals surface area (Å²) in [6, 6.07) is -0.657. The second-order valence-corrected chi connectivity index (χ2v) is 18.6. The van der Waals surface area contributed by atoms with Gasteiger partial charge in [-0.15, -0.1) is 4.83 Å². The van der Waals surface area contributed by atoms with Gasteiger partial charge in [-0.1, -0.05) is 52.9 Å². The largest absolute Gasteiger partial charge is 0.390 e. The number of aliphatic hydroxyl groups excluding tert-OH is 1. The minimum Gasteiger partial charge on any atom is -0.390 e. The summed E-state index contributed by atoms with van der Waals surface area (Å²) >= 11 is 0. The number of sulfonamides is 2. The Morgan fingerprint density at radius 1 is 0.848 bits per heavy atom. The molecule has 5 atom stereocenters. The first-order valence-electron chi connectivity index (χ1n) is 17.5. The summed E-state index contributed by atoms with van der Waals surface area (Å²) in [6.45, 7) is 10.6. The highest BCUT2D eigenvalue weighted by Crippen LogP contribution is 2.36. The highest BCUT2D eigenvalue weighted by atomic mass is 32.2. The molecule has 2 aliphatic carbocycles. The predicted molar refractivity (Wildman–Crippen MR) is 183 cm³/mol. The van der Waals surface area contributed by atoms with Crippen LogP contribution in [0.25, 0.3) is 0 Å². The Balaban J connectivity index is 2.36. The Morgan fingerprint density at radius 2 is 1.41 bits per heavy atom. The van der Waals surface area contributed by atoms with Crippen LogP contribution in [0.2, 0.25) is 0 Å². The summed E-state index contributed by atoms with van der Waals surface area (Å²) in [7, 11) is -4.42. The first-order chi connectivity index (χ1) is 21.6. The Labute approximate surface area is 279 Å². The van der Waals surface area contributed by atoms with Crippen LogP contribution in [0.1, 0.15) is 112 Å². The summed E-state index contributed by atoms with van der Waals surface area (Å²) in [4.78, 5) is 32.1. The topological polar surface area (TPSA) is 156 Å². The molecule has 0 aliphatic heterocycles. The van der Waals surface area contributed by atoms with E-state index in [0.29, 0.717) is 38.4 Å². The number of amides is 2. The van der Waals surface area contributed by atoms with E-state index in [1.807, 2.05) is 20.8 Å². The van der Waals surface area contributed by atoms with Crippen molar-refractivity contribution in [3.63, 3.8) is 0 Å². The molecule has 0 saturated heterocycles. The fraction of sp³-hybridized carbons (Fsp3) is 0.938. The minimum atomic E-state index is -3.74. The second-order valence-electron chi connectivity index (χ2n) is 13.9. The Bertz CT molecular complexity index is 1150. The van der Waals surface area contributed by atoms with Gasteiger partial charge in [-0.05, 0) is 64.7 Å². The van der Waals surface area contributed by atoms with Crippen LogP contribution in [0.15, 0.2) is 0 Å². The number of hydrogen-bond acceptors (Lipinski definition) is 8. The van der Waals surface area contributed by atoms with E-state index < -0.39 is 54.5 Å². The van der Waals surface area contributed by atoms with Crippen molar-refractivity contribution in [1.29, 1.82) is 0 Å². The lowest BCUT2D eigenvalue weighted by molar-refractivity contribution is -0.138. The third-order valence-corrected chi connectivity index (χ3v) is 13.5. The third-order valence-electron chi connectivity index (χ3n) is 9.49. The summed E-state index contributed by atoms with van der Waals surface area (Å²) in [5, 5.41) is 14.6. The first-order valence-corrected chi connectivity index (χ1v) is 20.6. The Morgan fingerprint density at radius 3 is 1.93 bits per heavy atom. The smallest absolute Gasteiger partial charge is 0.226 e. The minimum absolute atomic E-state index is 0.0101. The highest BCUT2D eigenvalue weighted by molar-refractivity contribution is 7.90. The fourth-order valence-corrected chi connectivity index (χ4v) is 9.12. The van der Waals surface area contributed by atoms with Gasteiger partial charge in [0.1, 0.15) is 0 Å². The lowest BCUT2D eigenvalue weighted by Gasteiger charge is -2.38. The second kappa shape index (κ2) is 19.0. The van der Waals surface area contributed by atoms with Crippen LogP contribution in [0, 0.1) is 17.8 Å². The van der Waals surface area contributed by atoms with Crippen molar-refractivity contribution in [3.8, 4) is 0 Å². The molecule has 0 spiro atoms. The number of hydrazine groups is 1. The maximum Gasteiger partial charge on any atom is 0.226 e. The van der Waals surface area contributed by atoms with Crippen LogP contribution in [0.3, 0.4) is 0 Å². The van der Waals surface area contributed by atoms with Crippen molar-refractivity contribution < 1.29 is 31.5 Å². The molecule has 0 aromatic heterocycles. The van der Waals surface area contributed by atoms with Crippen LogP contribution in [-0.4, -0.2) is 111 Å². The SMILES string of the molecule is CCCN(CC(O)C(CC1CCCCC1)NC(=O)C1CC(C(=O)N(CCC)CCC)CC(S(=O)(=O)N(C)C)C1)NS(=O)(=O)C(C)C. The molecule has 0 heterocycles. The maximum absolute atomic E-state index is 14.0. The zero-order valence-corrected chi connectivity index (χ0v) is 31.0. The fourth-order valence-electron chi connectivity index (χ4n) is 6.83. The van der Waals surface area contributed by atoms with Crippen LogP contribution in [0.5, 0.6) is 0 Å². The number of hydrogen-bond donors (Lipinski definition) is 3. The highest BCUT2D eigenvalue weighted by Gasteiger charge is 2.44. The van der Waals surface area contributed by atoms with E-state index in [2.05, 4.69) is 10.1 Å². The van der Waals surface area contributed by atoms with Gasteiger partial charge in [-0.3, -0.25) is 9.59 Å². The lowest BCUT2D eigenvalue weighted by Crippen LogP contribution is -2.55. The number of nitrogens with one attached hydrogen (secondary N) is 2. The van der Waals surface area contributed by atoms with Crippen molar-refractivity contribution >= 4 is 31.9 Å². The predicted octanol–water partition coefficient (Wildman–Crippen LogP) is 3.08. The van der Waals surface area contributed by atoms with Gasteiger partial charge in [0.15, 0.2) is 0 Å². The molecular weight excluding hydrogens is 631 g/mol. The van der Waals surface area contributed by atoms with Gasteiger partial charge in [0.25, 0.3) is 0 Å². The molecule has 2 saturated carbocycles. The first kappa shape index (κ1) is 40.9. The van der Waals surface area contributed by atoms with Gasteiger partial charge in [0, 0.05) is 52.1 Å². The molecule has 14 heteroatoms. The van der Waals surface area contributed by atoms with E-state index in [4.69, 9.17) is 0 Å². The molecule has 5 unspecified atom stereocenters. The van der Waals surface area contributed by atoms with Crippen LogP contribution in [0.4, 0.5) is 0 Å². The number of nitrogens with zero attached hydrogens (tertiary/aromatic N) is 3. The maximum atomic E-state index is 14.0. The van der Waals surface area contributed by atoms with Crippen molar-refractivity contribution in [2.24, 2.45) is 17.8 Å². The van der Waals surface area contributed by atoms with Crippen LogP contribution in [-0.2, 0) is 29.6 Å². The van der Waals surface area contributed by atoms with Crippen molar-refractivity contribution in [2.75, 3.05) is 40.3 Å². The van der Waals surface area contributed by atoms with E-state index in [0.717, 1.165) is 44.9 Å². The monoisotopic (exact) mass is 693 g/mol. The number of aliphatic hydroxyl groups is 1. The molecule has 3 N–H and O–H groups in total. The molecular formula is C32H63N5O7S2. The third kappa shape index (κ3) is 12.0. The van der Waals surface area contributed by atoms with E-state index >= 15 is 0 Å². The van der Waals surface area contributed by atoms with Gasteiger partial charge < -0.3 is 15.3 Å². The Kier molecular flexibility index (Phi) is 16.9. The molecule has 0 aromatic carbocycles. The lowest BCUT2D eigenvalue weighted by atomic mass is 9.79. The molecule has 0 bridgehead atoms.